The van der Waals surface area contributed by atoms with Crippen LogP contribution in [0.4, 0.5) is 4.79 Å². The first kappa shape index (κ1) is 51.4. The first-order valence-electron chi connectivity index (χ1n) is 23.1. The number of aliphatic hydroxyl groups excluding tert-OH is 2. The maximum absolute atomic E-state index is 14.0. The second-order valence-corrected chi connectivity index (χ2v) is 18.8. The minimum absolute atomic E-state index is 0.0194. The molecule has 7 N–H and O–H groups in total. The van der Waals surface area contributed by atoms with E-state index < -0.39 is 65.7 Å². The second-order valence-electron chi connectivity index (χ2n) is 18.8. The van der Waals surface area contributed by atoms with E-state index in [4.69, 9.17) is 30.4 Å². The highest BCUT2D eigenvalue weighted by Crippen LogP contribution is 2.34. The number of aliphatic hydroxyl groups is 3. The van der Waals surface area contributed by atoms with E-state index in [1.54, 1.807) is 21.0 Å². The molecule has 1 aliphatic carbocycles. The minimum Gasteiger partial charge on any atom is -0.446 e. The van der Waals surface area contributed by atoms with Gasteiger partial charge in [0.2, 0.25) is 5.79 Å². The number of allylic oxidation sites excluding steroid dienone is 6. The fraction of sp³-hybridized carbons (Fsp3) is 0.750. The number of carbonyl (C=O) groups excluding carboxylic acids is 4. The summed E-state index contributed by atoms with van der Waals surface area (Å²) in [4.78, 5) is 54.1. The van der Waals surface area contributed by atoms with Crippen LogP contribution in [0.2, 0.25) is 0 Å². The molecule has 0 radical (unpaired) electrons. The van der Waals surface area contributed by atoms with Gasteiger partial charge in [-0.05, 0) is 126 Å². The Balaban J connectivity index is 1.59. The van der Waals surface area contributed by atoms with Crippen molar-refractivity contribution in [1.29, 1.82) is 0 Å². The highest BCUT2D eigenvalue weighted by atomic mass is 16.6. The molecule has 1 saturated carbocycles. The summed E-state index contributed by atoms with van der Waals surface area (Å²) in [5.74, 6) is -4.64. The van der Waals surface area contributed by atoms with Crippen LogP contribution in [-0.2, 0) is 33.3 Å². The van der Waals surface area contributed by atoms with Crippen molar-refractivity contribution in [1.82, 2.24) is 4.90 Å². The van der Waals surface area contributed by atoms with Gasteiger partial charge in [-0.2, -0.15) is 0 Å². The van der Waals surface area contributed by atoms with Crippen molar-refractivity contribution in [2.75, 3.05) is 20.3 Å². The standard InChI is InChI=1S/C48H77N3O11/c1-30-13-8-7-9-14-32(3)41(59-6)28-38-16-12-23-48(58,62-38)45(55)46(56)51-24-11-10-15-36(51)29-60-40(39(49)27-35-18-20-37(21-19-35)61-47(50)57)22-17-31(2)26-34(5)43(53)44(54)42(52)33(4)25-30/h7-9,13-14,26,30-31,33,35-41,43-44,53-54,58H,10-12,15-25,27-29,49H2,1-6H3,(H2,50,57)/b9-7+,13-8+,32-14+,34-26+/t30-,31+,33-,35?,36+,37?,38+,39-,40+,41+,43-,44+,48-/m1/s1. The van der Waals surface area contributed by atoms with Crippen LogP contribution >= 0.6 is 0 Å². The number of nitrogens with zero attached hydrogens (tertiary/aromatic N) is 1. The first-order chi connectivity index (χ1) is 29.4. The third-order valence-electron chi connectivity index (χ3n) is 13.5. The molecular weight excluding hydrogens is 795 g/mol. The number of primary amides is 1. The molecule has 3 heterocycles. The molecule has 11 atom stereocenters. The van der Waals surface area contributed by atoms with Crippen molar-refractivity contribution >= 4 is 23.6 Å². The van der Waals surface area contributed by atoms with E-state index in [0.717, 1.165) is 24.8 Å². The number of fused-ring (bicyclic) bond motifs is 3. The van der Waals surface area contributed by atoms with Gasteiger partial charge in [0.1, 0.15) is 18.3 Å². The van der Waals surface area contributed by atoms with Crippen LogP contribution < -0.4 is 11.5 Å². The SMILES string of the molecule is CO[C@H]1C[C@@H]2CCC[C@@](O)(O2)C(=O)C(=O)N2CCCC[C@H]2CO[C@H]([C@H](N)CC2CCC(OC(N)=O)CC2)CC[C@H](C)/C=C(\C)[C@@H](O)[C@@H](O)C(=O)[C@H](C)C[C@H](C)/C=C/C=C/C=C/1C. The number of ether oxygens (including phenoxy) is 4. The molecular formula is C48H77N3O11. The molecule has 0 aromatic carbocycles. The first-order valence-corrected chi connectivity index (χ1v) is 23.1. The van der Waals surface area contributed by atoms with Gasteiger partial charge in [-0.25, -0.2) is 4.79 Å². The number of carbonyl (C=O) groups is 4. The topological polar surface area (TPSA) is 221 Å². The van der Waals surface area contributed by atoms with E-state index in [1.165, 1.54) is 4.90 Å². The molecule has 0 aromatic heterocycles. The van der Waals surface area contributed by atoms with E-state index in [-0.39, 0.29) is 49.0 Å². The lowest BCUT2D eigenvalue weighted by Crippen LogP contribution is -2.57. The zero-order valence-corrected chi connectivity index (χ0v) is 38.1. The number of hydrogen-bond acceptors (Lipinski definition) is 12. The van der Waals surface area contributed by atoms with Crippen LogP contribution in [0.5, 0.6) is 0 Å². The molecule has 0 unspecified atom stereocenters. The second kappa shape index (κ2) is 24.7. The zero-order chi connectivity index (χ0) is 45.6. The summed E-state index contributed by atoms with van der Waals surface area (Å²) >= 11 is 0. The monoisotopic (exact) mass is 872 g/mol. The summed E-state index contributed by atoms with van der Waals surface area (Å²) in [6.45, 7) is 9.92. The van der Waals surface area contributed by atoms with Gasteiger partial charge in [-0.1, -0.05) is 57.2 Å². The van der Waals surface area contributed by atoms with Gasteiger partial charge in [0, 0.05) is 38.5 Å². The maximum Gasteiger partial charge on any atom is 0.404 e. The van der Waals surface area contributed by atoms with Crippen molar-refractivity contribution in [3.05, 3.63) is 47.6 Å². The highest BCUT2D eigenvalue weighted by Gasteiger charge is 2.48. The minimum atomic E-state index is -2.25. The molecule has 62 heavy (non-hydrogen) atoms. The number of hydrogen-bond donors (Lipinski definition) is 5. The Kier molecular flexibility index (Phi) is 20.5. The van der Waals surface area contributed by atoms with E-state index in [2.05, 4.69) is 0 Å². The van der Waals surface area contributed by atoms with Crippen molar-refractivity contribution in [2.24, 2.45) is 35.1 Å². The van der Waals surface area contributed by atoms with Crippen LogP contribution in [0.15, 0.2) is 47.6 Å². The average Bonchev–Trinajstić information content (AvgIpc) is 3.24. The van der Waals surface area contributed by atoms with Gasteiger partial charge in [0.05, 0.1) is 31.0 Å². The molecule has 2 bridgehead atoms. The number of amides is 2. The molecule has 3 fully saturated rings. The lowest BCUT2D eigenvalue weighted by atomic mass is 9.82. The van der Waals surface area contributed by atoms with Crippen LogP contribution in [0.3, 0.4) is 0 Å². The summed E-state index contributed by atoms with van der Waals surface area (Å²) < 4.78 is 23.8. The third-order valence-corrected chi connectivity index (χ3v) is 13.5. The molecule has 350 valence electrons. The number of nitrogens with two attached hydrogens (primary N) is 2. The lowest BCUT2D eigenvalue weighted by Gasteiger charge is -2.40. The normalized spacial score (nSPS) is 39.3. The molecule has 14 heteroatoms. The predicted octanol–water partition coefficient (Wildman–Crippen LogP) is 5.74. The Morgan fingerprint density at radius 2 is 1.63 bits per heavy atom. The maximum atomic E-state index is 14.0. The lowest BCUT2D eigenvalue weighted by molar-refractivity contribution is -0.245. The number of ketones is 2. The molecule has 0 aromatic rings. The number of rotatable bonds is 5. The van der Waals surface area contributed by atoms with Crippen LogP contribution in [0.25, 0.3) is 0 Å². The highest BCUT2D eigenvalue weighted by molar-refractivity contribution is 6.38. The summed E-state index contributed by atoms with van der Waals surface area (Å²) in [6.07, 6.45) is 15.3. The molecule has 14 nitrogen and oxygen atoms in total. The Morgan fingerprint density at radius 1 is 0.903 bits per heavy atom. The quantitative estimate of drug-likeness (QED) is 0.165. The third kappa shape index (κ3) is 15.2. The zero-order valence-electron chi connectivity index (χ0n) is 38.1. The molecule has 0 spiro atoms. The average molecular weight is 872 g/mol. The Labute approximate surface area is 369 Å². The fourth-order valence-corrected chi connectivity index (χ4v) is 9.72. The number of methoxy groups -OCH3 is 1. The van der Waals surface area contributed by atoms with Gasteiger partial charge in [0.25, 0.3) is 11.7 Å². The largest absolute Gasteiger partial charge is 0.446 e. The van der Waals surface area contributed by atoms with Gasteiger partial charge in [0.15, 0.2) is 5.78 Å². The van der Waals surface area contributed by atoms with Gasteiger partial charge < -0.3 is 50.6 Å². The molecule has 4 rings (SSSR count). The van der Waals surface area contributed by atoms with Gasteiger partial charge >= 0.3 is 6.09 Å². The van der Waals surface area contributed by atoms with Crippen molar-refractivity contribution in [3.8, 4) is 0 Å². The molecule has 3 aliphatic heterocycles. The van der Waals surface area contributed by atoms with Crippen LogP contribution in [0.1, 0.15) is 131 Å². The van der Waals surface area contributed by atoms with E-state index in [1.807, 2.05) is 57.2 Å². The van der Waals surface area contributed by atoms with Gasteiger partial charge in [-0.15, -0.1) is 0 Å². The Hall–Kier alpha value is -3.24. The smallest absolute Gasteiger partial charge is 0.404 e. The van der Waals surface area contributed by atoms with Crippen molar-refractivity contribution < 1.29 is 53.4 Å². The predicted molar refractivity (Wildman–Crippen MR) is 236 cm³/mol. The summed E-state index contributed by atoms with van der Waals surface area (Å²) in [5, 5.41) is 33.8. The summed E-state index contributed by atoms with van der Waals surface area (Å²) in [6, 6.07) is -0.782. The van der Waals surface area contributed by atoms with Crippen molar-refractivity contribution in [2.45, 2.75) is 185 Å². The van der Waals surface area contributed by atoms with Crippen LogP contribution in [-0.4, -0.2) is 119 Å². The van der Waals surface area contributed by atoms with Crippen LogP contribution in [0, 0.1) is 23.7 Å². The summed E-state index contributed by atoms with van der Waals surface area (Å²) in [5.41, 5.74) is 13.6. The molecule has 4 aliphatic rings. The van der Waals surface area contributed by atoms with E-state index in [9.17, 15) is 34.5 Å². The van der Waals surface area contributed by atoms with E-state index >= 15 is 0 Å². The number of piperidine rings is 1. The molecule has 2 saturated heterocycles. The molecule has 2 amide bonds. The Morgan fingerprint density at radius 3 is 2.32 bits per heavy atom. The Bertz CT molecular complexity index is 1610. The fourth-order valence-electron chi connectivity index (χ4n) is 9.72. The summed E-state index contributed by atoms with van der Waals surface area (Å²) in [7, 11) is 1.60. The van der Waals surface area contributed by atoms with Gasteiger partial charge in [-0.3, -0.25) is 14.4 Å². The van der Waals surface area contributed by atoms with Crippen molar-refractivity contribution in [3.63, 3.8) is 0 Å². The van der Waals surface area contributed by atoms with E-state index in [0.29, 0.717) is 82.7 Å². The number of Topliss-reactive ketones (excluding diaryl/α,β-unsaturated/α-hetero) is 2.